The third-order valence-electron chi connectivity index (χ3n) is 6.07. The molecule has 0 aromatic heterocycles. The second-order valence-corrected chi connectivity index (χ2v) is 6.90. The Labute approximate surface area is 112 Å². The number of nitrogens with two attached hydrogens (primary N) is 1. The summed E-state index contributed by atoms with van der Waals surface area (Å²) in [6, 6.07) is 0. The molecule has 2 aliphatic carbocycles. The van der Waals surface area contributed by atoms with E-state index in [1.54, 1.807) is 0 Å². The maximum Gasteiger partial charge on any atom is 0.0718 e. The summed E-state index contributed by atoms with van der Waals surface area (Å²) in [4.78, 5) is 0. The fourth-order valence-electron chi connectivity index (χ4n) is 4.59. The molecule has 2 nitrogen and oxygen atoms in total. The van der Waals surface area contributed by atoms with Gasteiger partial charge in [-0.3, -0.25) is 0 Å². The van der Waals surface area contributed by atoms with E-state index >= 15 is 0 Å². The van der Waals surface area contributed by atoms with Gasteiger partial charge in [0.2, 0.25) is 0 Å². The monoisotopic (exact) mass is 253 g/mol. The molecule has 3 N–H and O–H groups in total. The lowest BCUT2D eigenvalue weighted by Crippen LogP contribution is -2.53. The third-order valence-corrected chi connectivity index (χ3v) is 6.07. The van der Waals surface area contributed by atoms with Crippen LogP contribution < -0.4 is 5.73 Å². The highest BCUT2D eigenvalue weighted by atomic mass is 16.3. The lowest BCUT2D eigenvalue weighted by atomic mass is 9.59. The average Bonchev–Trinajstić information content (AvgIpc) is 2.82. The molecule has 0 aromatic carbocycles. The summed E-state index contributed by atoms with van der Waals surface area (Å²) in [5.41, 5.74) is 5.71. The van der Waals surface area contributed by atoms with Crippen LogP contribution in [0.15, 0.2) is 0 Å². The van der Waals surface area contributed by atoms with Crippen molar-refractivity contribution in [3.05, 3.63) is 0 Å². The van der Waals surface area contributed by atoms with Gasteiger partial charge in [-0.1, -0.05) is 39.5 Å². The molecule has 18 heavy (non-hydrogen) atoms. The first kappa shape index (κ1) is 14.3. The zero-order valence-electron chi connectivity index (χ0n) is 12.3. The summed E-state index contributed by atoms with van der Waals surface area (Å²) < 4.78 is 0. The molecule has 2 saturated carbocycles. The Bertz CT molecular complexity index is 280. The van der Waals surface area contributed by atoms with Crippen LogP contribution in [0.5, 0.6) is 0 Å². The predicted molar refractivity (Wildman–Crippen MR) is 76.3 cm³/mol. The molecule has 4 atom stereocenters. The van der Waals surface area contributed by atoms with Crippen LogP contribution >= 0.6 is 0 Å². The Balaban J connectivity index is 2.16. The van der Waals surface area contributed by atoms with E-state index in [0.29, 0.717) is 6.54 Å². The topological polar surface area (TPSA) is 46.2 Å². The van der Waals surface area contributed by atoms with Gasteiger partial charge in [-0.05, 0) is 43.9 Å². The number of hydrogen-bond acceptors (Lipinski definition) is 2. The normalized spacial score (nSPS) is 45.3. The SMILES string of the molecule is CCC1CCC(O)(C2(CN)CCCC(CC)C2)C1. The molecule has 2 heteroatoms. The molecule has 0 aromatic rings. The summed E-state index contributed by atoms with van der Waals surface area (Å²) in [7, 11) is 0. The molecular weight excluding hydrogens is 222 g/mol. The molecule has 2 rings (SSSR count). The van der Waals surface area contributed by atoms with Gasteiger partial charge in [-0.15, -0.1) is 0 Å². The summed E-state index contributed by atoms with van der Waals surface area (Å²) >= 11 is 0. The van der Waals surface area contributed by atoms with Gasteiger partial charge in [-0.25, -0.2) is 0 Å². The van der Waals surface area contributed by atoms with Crippen LogP contribution in [-0.2, 0) is 0 Å². The van der Waals surface area contributed by atoms with Crippen LogP contribution in [-0.4, -0.2) is 17.3 Å². The second-order valence-electron chi connectivity index (χ2n) is 6.90. The van der Waals surface area contributed by atoms with Gasteiger partial charge in [0.1, 0.15) is 0 Å². The highest BCUT2D eigenvalue weighted by Gasteiger charge is 2.53. The van der Waals surface area contributed by atoms with Gasteiger partial charge in [0.05, 0.1) is 5.60 Å². The van der Waals surface area contributed by atoms with Gasteiger partial charge in [-0.2, -0.15) is 0 Å². The Morgan fingerprint density at radius 3 is 2.28 bits per heavy atom. The molecule has 0 heterocycles. The van der Waals surface area contributed by atoms with Gasteiger partial charge >= 0.3 is 0 Å². The van der Waals surface area contributed by atoms with E-state index in [1.807, 2.05) is 0 Å². The average molecular weight is 253 g/mol. The van der Waals surface area contributed by atoms with E-state index in [2.05, 4.69) is 13.8 Å². The van der Waals surface area contributed by atoms with Crippen molar-refractivity contribution < 1.29 is 5.11 Å². The van der Waals surface area contributed by atoms with Gasteiger partial charge in [0.25, 0.3) is 0 Å². The first-order valence-electron chi connectivity index (χ1n) is 8.01. The van der Waals surface area contributed by atoms with Crippen molar-refractivity contribution in [2.75, 3.05) is 6.54 Å². The van der Waals surface area contributed by atoms with Crippen molar-refractivity contribution in [1.29, 1.82) is 0 Å². The van der Waals surface area contributed by atoms with Crippen LogP contribution in [0.3, 0.4) is 0 Å². The van der Waals surface area contributed by atoms with Gasteiger partial charge < -0.3 is 10.8 Å². The first-order chi connectivity index (χ1) is 8.59. The van der Waals surface area contributed by atoms with E-state index < -0.39 is 5.60 Å². The fraction of sp³-hybridized carbons (Fsp3) is 1.00. The van der Waals surface area contributed by atoms with E-state index in [1.165, 1.54) is 32.1 Å². The number of rotatable bonds is 4. The van der Waals surface area contributed by atoms with Crippen LogP contribution in [0.25, 0.3) is 0 Å². The molecule has 4 unspecified atom stereocenters. The minimum Gasteiger partial charge on any atom is -0.389 e. The Hall–Kier alpha value is -0.0800. The Morgan fingerprint density at radius 2 is 1.72 bits per heavy atom. The smallest absolute Gasteiger partial charge is 0.0718 e. The number of hydrogen-bond donors (Lipinski definition) is 2. The van der Waals surface area contributed by atoms with Crippen molar-refractivity contribution in [2.45, 2.75) is 77.2 Å². The minimum atomic E-state index is -0.462. The Kier molecular flexibility index (Phi) is 4.38. The van der Waals surface area contributed by atoms with Crippen molar-refractivity contribution >= 4 is 0 Å². The summed E-state index contributed by atoms with van der Waals surface area (Å²) in [6.07, 6.45) is 10.5. The fourth-order valence-corrected chi connectivity index (χ4v) is 4.59. The zero-order valence-corrected chi connectivity index (χ0v) is 12.3. The molecule has 2 fully saturated rings. The lowest BCUT2D eigenvalue weighted by Gasteiger charge is -2.50. The van der Waals surface area contributed by atoms with E-state index in [4.69, 9.17) is 5.73 Å². The molecule has 0 spiro atoms. The standard InChI is InChI=1S/C16H31NO/c1-3-13-6-5-8-15(10-13,12-17)16(18)9-7-14(4-2)11-16/h13-14,18H,3-12,17H2,1-2H3. The van der Waals surface area contributed by atoms with E-state index in [-0.39, 0.29) is 5.41 Å². The van der Waals surface area contributed by atoms with Gasteiger partial charge in [0, 0.05) is 12.0 Å². The molecular formula is C16H31NO. The predicted octanol–water partition coefficient (Wildman–Crippen LogP) is 3.47. The minimum absolute atomic E-state index is 0.0237. The quantitative estimate of drug-likeness (QED) is 0.806. The maximum atomic E-state index is 11.2. The van der Waals surface area contributed by atoms with Crippen molar-refractivity contribution in [3.63, 3.8) is 0 Å². The molecule has 0 bridgehead atoms. The molecule has 0 amide bonds. The highest BCUT2D eigenvalue weighted by Crippen LogP contribution is 2.54. The molecule has 106 valence electrons. The van der Waals surface area contributed by atoms with E-state index in [0.717, 1.165) is 37.5 Å². The largest absolute Gasteiger partial charge is 0.389 e. The van der Waals surface area contributed by atoms with Crippen molar-refractivity contribution in [1.82, 2.24) is 0 Å². The third kappa shape index (κ3) is 2.34. The lowest BCUT2D eigenvalue weighted by molar-refractivity contribution is -0.106. The van der Waals surface area contributed by atoms with Crippen LogP contribution in [0.1, 0.15) is 71.6 Å². The zero-order chi connectivity index (χ0) is 13.2. The molecule has 0 aliphatic heterocycles. The Morgan fingerprint density at radius 1 is 1.06 bits per heavy atom. The van der Waals surface area contributed by atoms with Crippen molar-refractivity contribution in [2.24, 2.45) is 23.0 Å². The summed E-state index contributed by atoms with van der Waals surface area (Å²) in [5.74, 6) is 1.51. The summed E-state index contributed by atoms with van der Waals surface area (Å²) in [6.45, 7) is 5.21. The van der Waals surface area contributed by atoms with E-state index in [9.17, 15) is 5.11 Å². The van der Waals surface area contributed by atoms with Crippen LogP contribution in [0.2, 0.25) is 0 Å². The molecule has 0 saturated heterocycles. The van der Waals surface area contributed by atoms with Crippen LogP contribution in [0.4, 0.5) is 0 Å². The first-order valence-corrected chi connectivity index (χ1v) is 8.01. The molecule has 2 aliphatic rings. The van der Waals surface area contributed by atoms with Crippen LogP contribution in [0, 0.1) is 17.3 Å². The number of aliphatic hydroxyl groups is 1. The van der Waals surface area contributed by atoms with Gasteiger partial charge in [0.15, 0.2) is 0 Å². The maximum absolute atomic E-state index is 11.2. The highest BCUT2D eigenvalue weighted by molar-refractivity contribution is 5.06. The second kappa shape index (κ2) is 5.50. The summed E-state index contributed by atoms with van der Waals surface area (Å²) in [5, 5.41) is 11.2. The van der Waals surface area contributed by atoms with Crippen molar-refractivity contribution in [3.8, 4) is 0 Å². The molecule has 0 radical (unpaired) electrons.